The molecule has 0 saturated carbocycles. The largest absolute Gasteiger partial charge is 0.524 e. The highest BCUT2D eigenvalue weighted by atomic mass is 16.8. The molecule has 26 heavy (non-hydrogen) atoms. The summed E-state index contributed by atoms with van der Waals surface area (Å²) < 4.78 is 12.5. The molecular weight excluding hydrogens is 364 g/mol. The van der Waals surface area contributed by atoms with Crippen LogP contribution in [0, 0.1) is 0 Å². The van der Waals surface area contributed by atoms with Crippen LogP contribution in [0.1, 0.15) is 13.3 Å². The molecule has 13 heteroatoms. The summed E-state index contributed by atoms with van der Waals surface area (Å²) in [5.41, 5.74) is 0. The first-order valence-corrected chi connectivity index (χ1v) is 7.17. The SMILES string of the molecule is CC(O)C(=O)OC(=O)OC(=O)C(=O)CC1(O)O[C@H](CO)[C@@H](O)[C@H](O)[C@H]1O. The van der Waals surface area contributed by atoms with E-state index in [1.54, 1.807) is 0 Å². The molecule has 6 atom stereocenters. The minimum Gasteiger partial charge on any atom is -0.394 e. The highest BCUT2D eigenvalue weighted by molar-refractivity contribution is 6.35. The van der Waals surface area contributed by atoms with Crippen LogP contribution in [0.25, 0.3) is 0 Å². The molecule has 0 aliphatic carbocycles. The van der Waals surface area contributed by atoms with Gasteiger partial charge in [-0.15, -0.1) is 0 Å². The van der Waals surface area contributed by atoms with E-state index >= 15 is 0 Å². The van der Waals surface area contributed by atoms with Crippen LogP contribution in [0.15, 0.2) is 0 Å². The number of ketones is 1. The fraction of sp³-hybridized carbons (Fsp3) is 0.692. The van der Waals surface area contributed by atoms with Crippen molar-refractivity contribution in [3.05, 3.63) is 0 Å². The van der Waals surface area contributed by atoms with Crippen molar-refractivity contribution in [3.63, 3.8) is 0 Å². The Morgan fingerprint density at radius 3 is 2.19 bits per heavy atom. The van der Waals surface area contributed by atoms with Gasteiger partial charge in [0, 0.05) is 0 Å². The molecule has 0 spiro atoms. The Kier molecular flexibility index (Phi) is 7.28. The number of ether oxygens (including phenoxy) is 3. The summed E-state index contributed by atoms with van der Waals surface area (Å²) in [6.07, 6.45) is -12.6. The number of rotatable bonds is 5. The first-order valence-electron chi connectivity index (χ1n) is 7.17. The van der Waals surface area contributed by atoms with E-state index in [4.69, 9.17) is 14.9 Å². The van der Waals surface area contributed by atoms with E-state index in [-0.39, 0.29) is 0 Å². The maximum absolute atomic E-state index is 11.7. The summed E-state index contributed by atoms with van der Waals surface area (Å²) in [4.78, 5) is 45.2. The molecule has 13 nitrogen and oxygen atoms in total. The zero-order valence-corrected chi connectivity index (χ0v) is 13.3. The monoisotopic (exact) mass is 382 g/mol. The van der Waals surface area contributed by atoms with Crippen molar-refractivity contribution in [2.24, 2.45) is 0 Å². The molecule has 1 saturated heterocycles. The van der Waals surface area contributed by atoms with Gasteiger partial charge in [-0.3, -0.25) is 4.79 Å². The molecule has 6 N–H and O–H groups in total. The maximum Gasteiger partial charge on any atom is 0.524 e. The first-order chi connectivity index (χ1) is 11.9. The number of carbonyl (C=O) groups is 4. The Bertz CT molecular complexity index is 570. The lowest BCUT2D eigenvalue weighted by Gasteiger charge is -2.44. The lowest BCUT2D eigenvalue weighted by atomic mass is 9.89. The standard InChI is InChI=1S/C13H18O13/c1-4(15)10(20)24-12(22)25-11(21)5(16)2-13(23)9(19)8(18)7(17)6(3-14)26-13/h4,6-9,14-15,17-19,23H,2-3H2,1H3/t4?,6-,7-,8+,9-,13?/m1/s1. The minimum atomic E-state index is -2.89. The molecule has 0 amide bonds. The predicted molar refractivity (Wildman–Crippen MR) is 73.8 cm³/mol. The van der Waals surface area contributed by atoms with Crippen molar-refractivity contribution in [1.29, 1.82) is 0 Å². The van der Waals surface area contributed by atoms with Gasteiger partial charge in [-0.25, -0.2) is 14.4 Å². The summed E-state index contributed by atoms with van der Waals surface area (Å²) in [5.74, 6) is -7.88. The Hall–Kier alpha value is -2.00. The third kappa shape index (κ3) is 5.01. The second-order valence-electron chi connectivity index (χ2n) is 5.45. The predicted octanol–water partition coefficient (Wildman–Crippen LogP) is -4.30. The topological polar surface area (TPSA) is 217 Å². The van der Waals surface area contributed by atoms with Crippen LogP contribution in [-0.4, -0.2) is 97.4 Å². The van der Waals surface area contributed by atoms with Crippen molar-refractivity contribution in [3.8, 4) is 0 Å². The van der Waals surface area contributed by atoms with Gasteiger partial charge in [0.15, 0.2) is 0 Å². The van der Waals surface area contributed by atoms with E-state index in [1.165, 1.54) is 0 Å². The zero-order chi connectivity index (χ0) is 20.2. The van der Waals surface area contributed by atoms with Crippen LogP contribution in [0.4, 0.5) is 4.79 Å². The third-order valence-electron chi connectivity index (χ3n) is 3.39. The van der Waals surface area contributed by atoms with Crippen molar-refractivity contribution in [2.75, 3.05) is 6.61 Å². The molecule has 1 fully saturated rings. The van der Waals surface area contributed by atoms with Crippen LogP contribution in [0.2, 0.25) is 0 Å². The Morgan fingerprint density at radius 2 is 1.69 bits per heavy atom. The number of esters is 2. The fourth-order valence-corrected chi connectivity index (χ4v) is 1.99. The van der Waals surface area contributed by atoms with Crippen molar-refractivity contribution < 1.29 is 64.0 Å². The lowest BCUT2D eigenvalue weighted by Crippen LogP contribution is -2.65. The van der Waals surface area contributed by atoms with Gasteiger partial charge in [-0.2, -0.15) is 0 Å². The van der Waals surface area contributed by atoms with Crippen molar-refractivity contribution >= 4 is 23.9 Å². The molecule has 1 rings (SSSR count). The molecular formula is C13H18O13. The quantitative estimate of drug-likeness (QED) is 0.151. The van der Waals surface area contributed by atoms with E-state index in [0.29, 0.717) is 0 Å². The highest BCUT2D eigenvalue weighted by Crippen LogP contribution is 2.31. The zero-order valence-electron chi connectivity index (χ0n) is 13.3. The minimum absolute atomic E-state index is 0.903. The summed E-state index contributed by atoms with van der Waals surface area (Å²) in [7, 11) is 0. The molecule has 0 aromatic carbocycles. The second kappa shape index (κ2) is 8.59. The van der Waals surface area contributed by atoms with Gasteiger partial charge in [0.05, 0.1) is 13.0 Å². The van der Waals surface area contributed by atoms with Gasteiger partial charge < -0.3 is 44.8 Å². The molecule has 0 bridgehead atoms. The van der Waals surface area contributed by atoms with Crippen LogP contribution in [0.3, 0.4) is 0 Å². The van der Waals surface area contributed by atoms with E-state index in [0.717, 1.165) is 6.92 Å². The fourth-order valence-electron chi connectivity index (χ4n) is 1.99. The number of hydrogen-bond acceptors (Lipinski definition) is 13. The molecule has 1 aliphatic rings. The van der Waals surface area contributed by atoms with Gasteiger partial charge in [0.1, 0.15) is 30.5 Å². The lowest BCUT2D eigenvalue weighted by molar-refractivity contribution is -0.347. The van der Waals surface area contributed by atoms with E-state index < -0.39 is 73.2 Å². The summed E-state index contributed by atoms with van der Waals surface area (Å²) in [6, 6.07) is 0. The van der Waals surface area contributed by atoms with Crippen LogP contribution >= 0.6 is 0 Å². The molecule has 1 heterocycles. The molecule has 0 aromatic rings. The average molecular weight is 382 g/mol. The molecule has 2 unspecified atom stereocenters. The average Bonchev–Trinajstić information content (AvgIpc) is 2.56. The summed E-state index contributed by atoms with van der Waals surface area (Å²) in [6.45, 7) is 0.0525. The van der Waals surface area contributed by atoms with Gasteiger partial charge in [0.2, 0.25) is 11.6 Å². The number of aliphatic hydroxyl groups excluding tert-OH is 5. The van der Waals surface area contributed by atoms with Gasteiger partial charge in [0.25, 0.3) is 0 Å². The molecule has 0 aromatic heterocycles. The second-order valence-corrected chi connectivity index (χ2v) is 5.45. The van der Waals surface area contributed by atoms with Gasteiger partial charge >= 0.3 is 18.1 Å². The number of hydrogen-bond donors (Lipinski definition) is 6. The maximum atomic E-state index is 11.7. The molecule has 0 radical (unpaired) electrons. The normalized spacial score (nSPS) is 32.4. The van der Waals surface area contributed by atoms with Crippen molar-refractivity contribution in [1.82, 2.24) is 0 Å². The number of aliphatic hydroxyl groups is 6. The van der Waals surface area contributed by atoms with Crippen LogP contribution in [0.5, 0.6) is 0 Å². The summed E-state index contributed by atoms with van der Waals surface area (Å²) in [5, 5.41) is 56.8. The smallest absolute Gasteiger partial charge is 0.394 e. The Balaban J connectivity index is 2.74. The van der Waals surface area contributed by atoms with Crippen molar-refractivity contribution in [2.45, 2.75) is 49.7 Å². The van der Waals surface area contributed by atoms with Gasteiger partial charge in [-0.05, 0) is 6.92 Å². The van der Waals surface area contributed by atoms with Crippen LogP contribution < -0.4 is 0 Å². The Labute approximate surface area is 145 Å². The molecule has 148 valence electrons. The van der Waals surface area contributed by atoms with Gasteiger partial charge in [-0.1, -0.05) is 0 Å². The highest BCUT2D eigenvalue weighted by Gasteiger charge is 2.54. The number of carbonyl (C=O) groups excluding carboxylic acids is 4. The molecule has 1 aliphatic heterocycles. The number of Topliss-reactive ketones (excluding diaryl/α,β-unsaturated/α-hetero) is 1. The van der Waals surface area contributed by atoms with E-state index in [9.17, 15) is 39.6 Å². The first kappa shape index (κ1) is 22.0. The van der Waals surface area contributed by atoms with E-state index in [2.05, 4.69) is 9.47 Å². The van der Waals surface area contributed by atoms with Crippen LogP contribution in [-0.2, 0) is 28.6 Å². The Morgan fingerprint density at radius 1 is 1.12 bits per heavy atom. The summed E-state index contributed by atoms with van der Waals surface area (Å²) >= 11 is 0. The van der Waals surface area contributed by atoms with E-state index in [1.807, 2.05) is 0 Å². The third-order valence-corrected chi connectivity index (χ3v) is 3.39.